The van der Waals surface area contributed by atoms with E-state index in [1.165, 1.54) is 26.4 Å². The molecule has 1 heterocycles. The van der Waals surface area contributed by atoms with E-state index < -0.39 is 17.8 Å². The van der Waals surface area contributed by atoms with Gasteiger partial charge in [-0.2, -0.15) is 0 Å². The summed E-state index contributed by atoms with van der Waals surface area (Å²) in [6, 6.07) is 7.62. The number of hydrogen-bond donors (Lipinski definition) is 2. The highest BCUT2D eigenvalue weighted by molar-refractivity contribution is 6.01. The van der Waals surface area contributed by atoms with Crippen molar-refractivity contribution in [2.45, 2.75) is 26.4 Å². The lowest BCUT2D eigenvalue weighted by Crippen LogP contribution is -2.26. The number of Topliss-reactive ketones (excluding diaryl/α,β-unsaturated/α-hetero) is 1. The Morgan fingerprint density at radius 1 is 1.10 bits per heavy atom. The van der Waals surface area contributed by atoms with Crippen molar-refractivity contribution in [1.82, 2.24) is 0 Å². The largest absolute Gasteiger partial charge is 0.504 e. The van der Waals surface area contributed by atoms with Crippen molar-refractivity contribution in [2.24, 2.45) is 11.8 Å². The van der Waals surface area contributed by atoms with Gasteiger partial charge in [0.1, 0.15) is 6.61 Å². The number of cyclic esters (lactones) is 1. The van der Waals surface area contributed by atoms with Gasteiger partial charge in [-0.25, -0.2) is 0 Å². The van der Waals surface area contributed by atoms with E-state index in [-0.39, 0.29) is 59.2 Å². The van der Waals surface area contributed by atoms with Crippen LogP contribution in [0.4, 0.5) is 0 Å². The van der Waals surface area contributed by atoms with Gasteiger partial charge >= 0.3 is 5.97 Å². The number of aromatic hydroxyl groups is 2. The van der Waals surface area contributed by atoms with E-state index >= 15 is 0 Å². The molecule has 0 radical (unpaired) electrons. The van der Waals surface area contributed by atoms with Crippen molar-refractivity contribution in [3.63, 3.8) is 0 Å². The standard InChI is InChI=1S/C23H26O8/c1-12(2)31-18-6-5-14(10-17(18)24)21(25)16-11-30-23(27)15(16)7-13-8-19(28-3)22(26)20(9-13)29-4/h5-6,8-10,12,15-16,24,26H,7,11H2,1-4H3/t15-,16+/m1/s1. The average molecular weight is 430 g/mol. The zero-order valence-corrected chi connectivity index (χ0v) is 17.9. The molecule has 166 valence electrons. The van der Waals surface area contributed by atoms with Gasteiger partial charge in [0.05, 0.1) is 32.2 Å². The maximum atomic E-state index is 13.1. The van der Waals surface area contributed by atoms with E-state index in [9.17, 15) is 19.8 Å². The number of ketones is 1. The lowest BCUT2D eigenvalue weighted by atomic mass is 9.84. The highest BCUT2D eigenvalue weighted by Gasteiger charge is 2.42. The molecule has 0 aromatic heterocycles. The zero-order chi connectivity index (χ0) is 22.7. The number of hydrogen-bond acceptors (Lipinski definition) is 8. The van der Waals surface area contributed by atoms with Crippen LogP contribution in [0.5, 0.6) is 28.7 Å². The lowest BCUT2D eigenvalue weighted by molar-refractivity contribution is -0.141. The van der Waals surface area contributed by atoms with Crippen LogP contribution in [0, 0.1) is 11.8 Å². The van der Waals surface area contributed by atoms with Crippen LogP contribution >= 0.6 is 0 Å². The fraction of sp³-hybridized carbons (Fsp3) is 0.391. The van der Waals surface area contributed by atoms with Gasteiger partial charge < -0.3 is 29.2 Å². The van der Waals surface area contributed by atoms with E-state index in [0.717, 1.165) is 0 Å². The molecule has 0 spiro atoms. The maximum Gasteiger partial charge on any atom is 0.310 e. The van der Waals surface area contributed by atoms with E-state index in [2.05, 4.69) is 0 Å². The Morgan fingerprint density at radius 3 is 2.29 bits per heavy atom. The van der Waals surface area contributed by atoms with E-state index in [4.69, 9.17) is 18.9 Å². The average Bonchev–Trinajstić information content (AvgIpc) is 3.09. The van der Waals surface area contributed by atoms with Crippen molar-refractivity contribution >= 4 is 11.8 Å². The Labute approximate surface area is 180 Å². The quantitative estimate of drug-likeness (QED) is 0.485. The molecule has 3 rings (SSSR count). The summed E-state index contributed by atoms with van der Waals surface area (Å²) in [6.45, 7) is 3.62. The van der Waals surface area contributed by atoms with Crippen LogP contribution in [0.1, 0.15) is 29.8 Å². The molecule has 2 aromatic carbocycles. The first-order valence-corrected chi connectivity index (χ1v) is 9.89. The number of carbonyl (C=O) groups is 2. The summed E-state index contributed by atoms with van der Waals surface area (Å²) in [7, 11) is 2.82. The predicted molar refractivity (Wildman–Crippen MR) is 111 cm³/mol. The molecule has 8 heteroatoms. The van der Waals surface area contributed by atoms with Gasteiger partial charge in [0.2, 0.25) is 5.75 Å². The number of rotatable bonds is 8. The predicted octanol–water partition coefficient (Wildman–Crippen LogP) is 3.12. The minimum Gasteiger partial charge on any atom is -0.504 e. The third kappa shape index (κ3) is 4.68. The molecule has 1 saturated heterocycles. The Balaban J connectivity index is 1.85. The molecule has 0 bridgehead atoms. The first-order valence-electron chi connectivity index (χ1n) is 9.89. The lowest BCUT2D eigenvalue weighted by Gasteiger charge is -2.17. The number of phenols is 2. The molecule has 1 aliphatic rings. The van der Waals surface area contributed by atoms with E-state index in [1.807, 2.05) is 13.8 Å². The van der Waals surface area contributed by atoms with E-state index in [0.29, 0.717) is 5.56 Å². The molecule has 2 N–H and O–H groups in total. The summed E-state index contributed by atoms with van der Waals surface area (Å²) in [4.78, 5) is 25.5. The molecule has 0 aliphatic carbocycles. The number of carbonyl (C=O) groups excluding carboxylic acids is 2. The number of phenolic OH excluding ortho intramolecular Hbond substituents is 2. The summed E-state index contributed by atoms with van der Waals surface area (Å²) >= 11 is 0. The molecular formula is C23H26O8. The highest BCUT2D eigenvalue weighted by atomic mass is 16.5. The first kappa shape index (κ1) is 22.3. The second kappa shape index (κ2) is 9.16. The maximum absolute atomic E-state index is 13.1. The first-order chi connectivity index (χ1) is 14.7. The summed E-state index contributed by atoms with van der Waals surface area (Å²) in [5, 5.41) is 20.3. The smallest absolute Gasteiger partial charge is 0.310 e. The monoisotopic (exact) mass is 430 g/mol. The van der Waals surface area contributed by atoms with Gasteiger partial charge in [-0.05, 0) is 56.2 Å². The number of esters is 1. The molecule has 1 fully saturated rings. The number of ether oxygens (including phenoxy) is 4. The molecule has 31 heavy (non-hydrogen) atoms. The Kier molecular flexibility index (Phi) is 6.58. The highest BCUT2D eigenvalue weighted by Crippen LogP contribution is 2.39. The van der Waals surface area contributed by atoms with Gasteiger partial charge in [0, 0.05) is 5.56 Å². The van der Waals surface area contributed by atoms with Crippen molar-refractivity contribution in [3.8, 4) is 28.7 Å². The van der Waals surface area contributed by atoms with Gasteiger partial charge in [-0.1, -0.05) is 0 Å². The zero-order valence-electron chi connectivity index (χ0n) is 17.9. The molecular weight excluding hydrogens is 404 g/mol. The summed E-state index contributed by atoms with van der Waals surface area (Å²) in [5.74, 6) is -1.82. The van der Waals surface area contributed by atoms with Crippen molar-refractivity contribution in [3.05, 3.63) is 41.5 Å². The van der Waals surface area contributed by atoms with Crippen molar-refractivity contribution in [1.29, 1.82) is 0 Å². The minimum atomic E-state index is -0.722. The fourth-order valence-electron chi connectivity index (χ4n) is 3.60. The van der Waals surface area contributed by atoms with Crippen LogP contribution in [-0.4, -0.2) is 48.9 Å². The van der Waals surface area contributed by atoms with Crippen LogP contribution < -0.4 is 14.2 Å². The molecule has 0 unspecified atom stereocenters. The molecule has 0 amide bonds. The van der Waals surface area contributed by atoms with Crippen LogP contribution in [0.15, 0.2) is 30.3 Å². The fourth-order valence-corrected chi connectivity index (χ4v) is 3.60. The van der Waals surface area contributed by atoms with Crippen molar-refractivity contribution in [2.75, 3.05) is 20.8 Å². The molecule has 1 aliphatic heterocycles. The third-order valence-corrected chi connectivity index (χ3v) is 5.13. The minimum absolute atomic E-state index is 0.0420. The molecule has 2 aromatic rings. The number of benzene rings is 2. The second-order valence-corrected chi connectivity index (χ2v) is 7.61. The van der Waals surface area contributed by atoms with Crippen molar-refractivity contribution < 1.29 is 38.7 Å². The van der Waals surface area contributed by atoms with Gasteiger partial charge in [0.25, 0.3) is 0 Å². The van der Waals surface area contributed by atoms with Crippen LogP contribution in [-0.2, 0) is 16.0 Å². The topological polar surface area (TPSA) is 112 Å². The summed E-state index contributed by atoms with van der Waals surface area (Å²) < 4.78 is 21.0. The normalized spacial score (nSPS) is 18.0. The Morgan fingerprint density at radius 2 is 1.74 bits per heavy atom. The molecule has 0 saturated carbocycles. The second-order valence-electron chi connectivity index (χ2n) is 7.61. The van der Waals surface area contributed by atoms with Crippen LogP contribution in [0.25, 0.3) is 0 Å². The molecule has 2 atom stereocenters. The van der Waals surface area contributed by atoms with Crippen LogP contribution in [0.3, 0.4) is 0 Å². The van der Waals surface area contributed by atoms with Gasteiger partial charge in [-0.15, -0.1) is 0 Å². The van der Waals surface area contributed by atoms with Gasteiger partial charge in [-0.3, -0.25) is 9.59 Å². The summed E-state index contributed by atoms with van der Waals surface area (Å²) in [6.07, 6.45) is 0.0694. The molecule has 8 nitrogen and oxygen atoms in total. The third-order valence-electron chi connectivity index (χ3n) is 5.13. The Bertz CT molecular complexity index is 957. The van der Waals surface area contributed by atoms with Gasteiger partial charge in [0.15, 0.2) is 28.8 Å². The SMILES string of the molecule is COc1cc(C[C@H]2C(=O)OC[C@@H]2C(=O)c2ccc(OC(C)C)c(O)c2)cc(OC)c1O. The van der Waals surface area contributed by atoms with Crippen LogP contribution in [0.2, 0.25) is 0 Å². The van der Waals surface area contributed by atoms with E-state index in [1.54, 1.807) is 18.2 Å². The number of methoxy groups -OCH3 is 2. The Hall–Kier alpha value is -3.42. The summed E-state index contributed by atoms with van der Waals surface area (Å²) in [5.41, 5.74) is 0.916.